The van der Waals surface area contributed by atoms with E-state index in [1.54, 1.807) is 0 Å². The molecule has 0 saturated carbocycles. The molecule has 2 rings (SSSR count). The third-order valence-electron chi connectivity index (χ3n) is 3.72. The number of rotatable bonds is 4. The summed E-state index contributed by atoms with van der Waals surface area (Å²) in [6.07, 6.45) is 11.1. The maximum atomic E-state index is 3.89. The SMILES string of the molecule is C=CC1=CC(c2cccc(CC)c2CC)=CCC1. The summed E-state index contributed by atoms with van der Waals surface area (Å²) in [6.45, 7) is 8.38. The monoisotopic (exact) mass is 238 g/mol. The molecule has 0 N–H and O–H groups in total. The summed E-state index contributed by atoms with van der Waals surface area (Å²) in [4.78, 5) is 0. The molecule has 0 aromatic heterocycles. The summed E-state index contributed by atoms with van der Waals surface area (Å²) in [5.41, 5.74) is 7.14. The van der Waals surface area contributed by atoms with Crippen LogP contribution in [0, 0.1) is 0 Å². The lowest BCUT2D eigenvalue weighted by atomic mass is 9.88. The predicted octanol–water partition coefficient (Wildman–Crippen LogP) is 5.10. The zero-order valence-corrected chi connectivity index (χ0v) is 11.5. The van der Waals surface area contributed by atoms with Gasteiger partial charge in [0.25, 0.3) is 0 Å². The second kappa shape index (κ2) is 5.86. The van der Waals surface area contributed by atoms with Crippen LogP contribution in [0.3, 0.4) is 0 Å². The van der Waals surface area contributed by atoms with E-state index in [9.17, 15) is 0 Å². The lowest BCUT2D eigenvalue weighted by molar-refractivity contribution is 0.989. The van der Waals surface area contributed by atoms with E-state index in [2.05, 4.69) is 50.8 Å². The molecule has 1 aromatic rings. The fourth-order valence-electron chi connectivity index (χ4n) is 2.73. The van der Waals surface area contributed by atoms with Crippen molar-refractivity contribution in [2.75, 3.05) is 0 Å². The van der Waals surface area contributed by atoms with Gasteiger partial charge in [-0.15, -0.1) is 0 Å². The molecule has 0 heteroatoms. The molecule has 0 aliphatic heterocycles. The number of aryl methyl sites for hydroxylation is 1. The maximum Gasteiger partial charge on any atom is -0.0152 e. The summed E-state index contributed by atoms with van der Waals surface area (Å²) >= 11 is 0. The largest absolute Gasteiger partial charge is 0.0988 e. The van der Waals surface area contributed by atoms with E-state index in [-0.39, 0.29) is 0 Å². The van der Waals surface area contributed by atoms with E-state index in [1.807, 2.05) is 6.08 Å². The van der Waals surface area contributed by atoms with Crippen LogP contribution in [0.15, 0.2) is 48.6 Å². The maximum absolute atomic E-state index is 3.89. The van der Waals surface area contributed by atoms with Gasteiger partial charge in [-0.05, 0) is 53.5 Å². The molecule has 18 heavy (non-hydrogen) atoms. The van der Waals surface area contributed by atoms with Gasteiger partial charge in [0.1, 0.15) is 0 Å². The molecular weight excluding hydrogens is 216 g/mol. The zero-order valence-electron chi connectivity index (χ0n) is 11.5. The Bertz CT molecular complexity index is 501. The van der Waals surface area contributed by atoms with Crippen LogP contribution in [-0.2, 0) is 12.8 Å². The second-order valence-corrected chi connectivity index (χ2v) is 4.77. The number of hydrogen-bond donors (Lipinski definition) is 0. The molecule has 0 amide bonds. The smallest absolute Gasteiger partial charge is 0.0152 e. The topological polar surface area (TPSA) is 0 Å². The van der Waals surface area contributed by atoms with Gasteiger partial charge in [0.05, 0.1) is 0 Å². The second-order valence-electron chi connectivity index (χ2n) is 4.77. The normalized spacial score (nSPS) is 15.0. The van der Waals surface area contributed by atoms with Crippen LogP contribution in [0.25, 0.3) is 5.57 Å². The van der Waals surface area contributed by atoms with Gasteiger partial charge in [0, 0.05) is 0 Å². The minimum Gasteiger partial charge on any atom is -0.0988 e. The van der Waals surface area contributed by atoms with Crippen molar-refractivity contribution in [3.05, 3.63) is 65.3 Å². The average Bonchev–Trinajstić information content (AvgIpc) is 2.46. The molecule has 0 radical (unpaired) electrons. The summed E-state index contributed by atoms with van der Waals surface area (Å²) in [6, 6.07) is 6.69. The molecule has 1 aliphatic rings. The third kappa shape index (κ3) is 2.48. The minimum atomic E-state index is 1.11. The van der Waals surface area contributed by atoms with Gasteiger partial charge < -0.3 is 0 Å². The Balaban J connectivity index is 2.48. The first-order valence-electron chi connectivity index (χ1n) is 6.94. The lowest BCUT2D eigenvalue weighted by Gasteiger charge is -2.17. The molecule has 1 aromatic carbocycles. The lowest BCUT2D eigenvalue weighted by Crippen LogP contribution is -1.99. The highest BCUT2D eigenvalue weighted by molar-refractivity contribution is 5.78. The van der Waals surface area contributed by atoms with Gasteiger partial charge >= 0.3 is 0 Å². The quantitative estimate of drug-likeness (QED) is 0.684. The van der Waals surface area contributed by atoms with Gasteiger partial charge in [-0.2, -0.15) is 0 Å². The van der Waals surface area contributed by atoms with Gasteiger partial charge in [0.15, 0.2) is 0 Å². The van der Waals surface area contributed by atoms with Gasteiger partial charge in [-0.1, -0.05) is 56.9 Å². The highest BCUT2D eigenvalue weighted by Crippen LogP contribution is 2.30. The molecule has 1 aliphatic carbocycles. The fourth-order valence-corrected chi connectivity index (χ4v) is 2.73. The molecular formula is C18H22. The summed E-state index contributed by atoms with van der Waals surface area (Å²) in [5, 5.41) is 0. The van der Waals surface area contributed by atoms with Crippen LogP contribution in [0.4, 0.5) is 0 Å². The molecule has 0 unspecified atom stereocenters. The minimum absolute atomic E-state index is 1.11. The van der Waals surface area contributed by atoms with Crippen molar-refractivity contribution in [2.45, 2.75) is 39.5 Å². The van der Waals surface area contributed by atoms with Crippen molar-refractivity contribution < 1.29 is 0 Å². The van der Waals surface area contributed by atoms with Crippen molar-refractivity contribution in [1.29, 1.82) is 0 Å². The molecule has 0 saturated heterocycles. The van der Waals surface area contributed by atoms with Crippen molar-refractivity contribution in [2.24, 2.45) is 0 Å². The molecule has 0 fully saturated rings. The Morgan fingerprint density at radius 3 is 2.72 bits per heavy atom. The van der Waals surface area contributed by atoms with Crippen LogP contribution < -0.4 is 0 Å². The van der Waals surface area contributed by atoms with E-state index < -0.39 is 0 Å². The molecule has 0 atom stereocenters. The number of hydrogen-bond acceptors (Lipinski definition) is 0. The van der Waals surface area contributed by atoms with Gasteiger partial charge in [-0.25, -0.2) is 0 Å². The fraction of sp³-hybridized carbons (Fsp3) is 0.333. The zero-order chi connectivity index (χ0) is 13.0. The van der Waals surface area contributed by atoms with Crippen molar-refractivity contribution in [3.8, 4) is 0 Å². The van der Waals surface area contributed by atoms with Crippen molar-refractivity contribution in [3.63, 3.8) is 0 Å². The van der Waals surface area contributed by atoms with Crippen LogP contribution in [0.2, 0.25) is 0 Å². The number of allylic oxidation sites excluding steroid dienone is 5. The molecule has 0 spiro atoms. The molecule has 0 nitrogen and oxygen atoms in total. The Hall–Kier alpha value is -1.56. The first-order chi connectivity index (χ1) is 8.80. The van der Waals surface area contributed by atoms with Crippen LogP contribution in [0.1, 0.15) is 43.4 Å². The third-order valence-corrected chi connectivity index (χ3v) is 3.72. The first-order valence-corrected chi connectivity index (χ1v) is 6.94. The average molecular weight is 238 g/mol. The first kappa shape index (κ1) is 12.9. The van der Waals surface area contributed by atoms with Gasteiger partial charge in [0.2, 0.25) is 0 Å². The Morgan fingerprint density at radius 1 is 1.22 bits per heavy atom. The summed E-state index contributed by atoms with van der Waals surface area (Å²) in [5.74, 6) is 0. The van der Waals surface area contributed by atoms with E-state index >= 15 is 0 Å². The van der Waals surface area contributed by atoms with E-state index in [0.717, 1.165) is 25.7 Å². The van der Waals surface area contributed by atoms with Gasteiger partial charge in [-0.3, -0.25) is 0 Å². The van der Waals surface area contributed by atoms with E-state index in [4.69, 9.17) is 0 Å². The van der Waals surface area contributed by atoms with Crippen LogP contribution in [0.5, 0.6) is 0 Å². The highest BCUT2D eigenvalue weighted by Gasteiger charge is 2.11. The Kier molecular flexibility index (Phi) is 4.19. The van der Waals surface area contributed by atoms with E-state index in [0.29, 0.717) is 0 Å². The Morgan fingerprint density at radius 2 is 2.06 bits per heavy atom. The van der Waals surface area contributed by atoms with E-state index in [1.165, 1.54) is 27.8 Å². The van der Waals surface area contributed by atoms with Crippen molar-refractivity contribution >= 4 is 5.57 Å². The van der Waals surface area contributed by atoms with Crippen molar-refractivity contribution in [1.82, 2.24) is 0 Å². The Labute approximate surface area is 111 Å². The highest BCUT2D eigenvalue weighted by atomic mass is 14.2. The molecule has 0 heterocycles. The standard InChI is InChI=1S/C18H22/c1-4-14-9-7-11-16(13-14)18-12-8-10-15(5-2)17(18)6-3/h4,8,10-13H,1,5-7,9H2,2-3H3. The van der Waals surface area contributed by atoms with Crippen LogP contribution >= 0.6 is 0 Å². The summed E-state index contributed by atoms with van der Waals surface area (Å²) < 4.78 is 0. The predicted molar refractivity (Wildman–Crippen MR) is 80.7 cm³/mol. The van der Waals surface area contributed by atoms with Crippen LogP contribution in [-0.4, -0.2) is 0 Å². The summed E-state index contributed by atoms with van der Waals surface area (Å²) in [7, 11) is 0. The number of benzene rings is 1. The molecule has 0 bridgehead atoms. The molecule has 94 valence electrons.